The summed E-state index contributed by atoms with van der Waals surface area (Å²) in [4.78, 5) is 26.6. The van der Waals surface area contributed by atoms with Gasteiger partial charge in [-0.25, -0.2) is 21.9 Å². The summed E-state index contributed by atoms with van der Waals surface area (Å²) in [6.45, 7) is 5.61. The number of hydrogen-bond donors (Lipinski definition) is 1. The standard InChI is InChI=1S/C29H30N4O6S/c1-5-20(23-16(2)26-24(17(3)34)28(35)32(26)27(23)29(36)37)33-21-8-6-7-19-18(11-12-31-14-13-30(4)15-31)9-10-22(25(19)21)40(33,38)39/h5-10,13-17,24,26,34H,11-12H2,1-4H3/b20-5-/t16-,17+,24+,26+/m0/s1. The quantitative estimate of drug-likeness (QED) is 0.338. The highest BCUT2D eigenvalue weighted by molar-refractivity contribution is 7.93. The van der Waals surface area contributed by atoms with Gasteiger partial charge >= 0.3 is 0 Å². The van der Waals surface area contributed by atoms with Crippen LogP contribution in [0, 0.1) is 11.8 Å². The number of carboxylic acids is 1. The lowest BCUT2D eigenvalue weighted by molar-refractivity contribution is -0.671. The number of amides is 1. The van der Waals surface area contributed by atoms with E-state index in [1.807, 2.05) is 42.5 Å². The monoisotopic (exact) mass is 562 g/mol. The molecule has 3 aromatic rings. The number of aromatic nitrogens is 2. The third kappa shape index (κ3) is 3.50. The summed E-state index contributed by atoms with van der Waals surface area (Å²) in [5.41, 5.74) is 1.46. The number of carbonyl (C=O) groups excluding carboxylic acids is 2. The fourth-order valence-electron chi connectivity index (χ4n) is 6.67. The third-order valence-corrected chi connectivity index (χ3v) is 10.2. The van der Waals surface area contributed by atoms with Crippen molar-refractivity contribution in [2.75, 3.05) is 4.31 Å². The van der Waals surface area contributed by atoms with E-state index in [1.165, 1.54) is 11.2 Å². The van der Waals surface area contributed by atoms with Gasteiger partial charge in [0.15, 0.2) is 0 Å². The maximum atomic E-state index is 14.1. The molecule has 40 heavy (non-hydrogen) atoms. The number of aliphatic carboxylic acids is 1. The molecule has 10 nitrogen and oxygen atoms in total. The number of rotatable bonds is 7. The highest BCUT2D eigenvalue weighted by atomic mass is 32.2. The van der Waals surface area contributed by atoms with Crippen LogP contribution in [0.15, 0.2) is 77.0 Å². The van der Waals surface area contributed by atoms with Gasteiger partial charge < -0.3 is 19.9 Å². The summed E-state index contributed by atoms with van der Waals surface area (Å²) in [6.07, 6.45) is 7.18. The summed E-state index contributed by atoms with van der Waals surface area (Å²) >= 11 is 0. The van der Waals surface area contributed by atoms with Gasteiger partial charge in [0.2, 0.25) is 12.2 Å². The summed E-state index contributed by atoms with van der Waals surface area (Å²) in [6, 6.07) is 8.27. The predicted molar refractivity (Wildman–Crippen MR) is 144 cm³/mol. The van der Waals surface area contributed by atoms with Crippen LogP contribution < -0.4 is 14.0 Å². The van der Waals surface area contributed by atoms with Crippen molar-refractivity contribution in [1.82, 2.24) is 9.47 Å². The Morgan fingerprint density at radius 1 is 1.25 bits per heavy atom. The molecule has 1 saturated heterocycles. The molecule has 208 valence electrons. The number of anilines is 1. The Morgan fingerprint density at radius 3 is 2.62 bits per heavy atom. The number of sulfonamides is 1. The Hall–Kier alpha value is -3.96. The van der Waals surface area contributed by atoms with Crippen LogP contribution in [0.3, 0.4) is 0 Å². The van der Waals surface area contributed by atoms with Crippen molar-refractivity contribution in [2.45, 2.75) is 50.8 Å². The van der Waals surface area contributed by atoms with E-state index in [9.17, 15) is 28.2 Å². The van der Waals surface area contributed by atoms with Gasteiger partial charge in [-0.15, -0.1) is 0 Å². The van der Waals surface area contributed by atoms with Gasteiger partial charge in [0.05, 0.1) is 59.6 Å². The molecular weight excluding hydrogens is 532 g/mol. The first kappa shape index (κ1) is 26.3. The molecule has 2 aromatic carbocycles. The Morgan fingerprint density at radius 2 is 2.00 bits per heavy atom. The molecular formula is C29H30N4O6S. The van der Waals surface area contributed by atoms with E-state index >= 15 is 0 Å². The van der Waals surface area contributed by atoms with Gasteiger partial charge in [0.1, 0.15) is 12.4 Å². The highest BCUT2D eigenvalue weighted by Gasteiger charge is 2.59. The van der Waals surface area contributed by atoms with Crippen molar-refractivity contribution >= 4 is 38.4 Å². The van der Waals surface area contributed by atoms with E-state index in [4.69, 9.17) is 0 Å². The maximum Gasteiger partial charge on any atom is 0.269 e. The number of benzene rings is 2. The maximum absolute atomic E-state index is 14.1. The van der Waals surface area contributed by atoms with Gasteiger partial charge in [-0.2, -0.15) is 0 Å². The number of hydrogen-bond acceptors (Lipinski definition) is 6. The van der Waals surface area contributed by atoms with E-state index in [-0.39, 0.29) is 21.9 Å². The first-order valence-electron chi connectivity index (χ1n) is 13.2. The van der Waals surface area contributed by atoms with Crippen LogP contribution >= 0.6 is 0 Å². The molecule has 3 aliphatic rings. The lowest BCUT2D eigenvalue weighted by atomic mass is 9.77. The summed E-state index contributed by atoms with van der Waals surface area (Å²) in [7, 11) is -2.15. The van der Waals surface area contributed by atoms with Crippen molar-refractivity contribution in [1.29, 1.82) is 0 Å². The summed E-state index contributed by atoms with van der Waals surface area (Å²) in [5, 5.41) is 24.0. The van der Waals surface area contributed by atoms with Gasteiger partial charge in [0, 0.05) is 23.3 Å². The van der Waals surface area contributed by atoms with Gasteiger partial charge in [-0.3, -0.25) is 4.79 Å². The van der Waals surface area contributed by atoms with Crippen LogP contribution in [-0.2, 0) is 39.6 Å². The second kappa shape index (κ2) is 9.03. The van der Waals surface area contributed by atoms with E-state index in [2.05, 4.69) is 4.57 Å². The van der Waals surface area contributed by atoms with E-state index in [0.717, 1.165) is 15.8 Å². The molecule has 1 amide bonds. The largest absolute Gasteiger partial charge is 0.543 e. The topological polar surface area (TPSA) is 127 Å². The number of carbonyl (C=O) groups is 2. The fraction of sp³-hybridized carbons (Fsp3) is 0.345. The molecule has 4 atom stereocenters. The average molecular weight is 563 g/mol. The normalized spacial score (nSPS) is 24.1. The van der Waals surface area contributed by atoms with E-state index < -0.39 is 45.9 Å². The summed E-state index contributed by atoms with van der Waals surface area (Å²) in [5.74, 6) is -3.39. The Kier molecular flexibility index (Phi) is 5.93. The number of aryl methyl sites for hydroxylation is 3. The zero-order valence-electron chi connectivity index (χ0n) is 22.6. The highest BCUT2D eigenvalue weighted by Crippen LogP contribution is 2.53. The van der Waals surface area contributed by atoms with E-state index in [1.54, 1.807) is 38.1 Å². The first-order chi connectivity index (χ1) is 19.0. The summed E-state index contributed by atoms with van der Waals surface area (Å²) < 4.78 is 33.4. The Balaban J connectivity index is 1.47. The Bertz CT molecular complexity index is 1770. The zero-order chi connectivity index (χ0) is 28.7. The molecule has 0 unspecified atom stereocenters. The van der Waals surface area contributed by atoms with Crippen LogP contribution in [0.1, 0.15) is 26.3 Å². The first-order valence-corrected chi connectivity index (χ1v) is 14.7. The number of β-lactam (4-membered cyclic amide) rings is 1. The molecule has 0 spiro atoms. The smallest absolute Gasteiger partial charge is 0.269 e. The lowest BCUT2D eigenvalue weighted by Crippen LogP contribution is -2.64. The number of nitrogens with zero attached hydrogens (tertiary/aromatic N) is 4. The molecule has 11 heteroatoms. The lowest BCUT2D eigenvalue weighted by Gasteiger charge is -2.47. The molecule has 0 aliphatic carbocycles. The number of aliphatic hydroxyl groups is 1. The van der Waals surface area contributed by atoms with Crippen LogP contribution in [0.4, 0.5) is 5.69 Å². The molecule has 6 rings (SSSR count). The number of aliphatic hydroxyl groups excluding tert-OH is 1. The SMILES string of the molecule is C/C=C(/C1=C(C(=O)[O-])N2C(=O)[C@H]([C@@H](C)O)[C@H]2[C@H]1C)N1c2cccc3c(CCn4cc[n+](C)c4)ccc(c23)S1(=O)=O. The van der Waals surface area contributed by atoms with Crippen LogP contribution in [0.2, 0.25) is 0 Å². The molecule has 0 radical (unpaired) electrons. The van der Waals surface area contributed by atoms with E-state index in [0.29, 0.717) is 24.0 Å². The minimum atomic E-state index is -4.10. The minimum Gasteiger partial charge on any atom is -0.543 e. The minimum absolute atomic E-state index is 0.149. The molecule has 1 fully saturated rings. The van der Waals surface area contributed by atoms with Gasteiger partial charge in [-0.05, 0) is 36.9 Å². The molecule has 1 N–H and O–H groups in total. The van der Waals surface area contributed by atoms with Crippen LogP contribution in [0.5, 0.6) is 0 Å². The number of fused-ring (bicyclic) bond motifs is 1. The Labute approximate surface area is 232 Å². The van der Waals surface area contributed by atoms with Gasteiger partial charge in [-0.1, -0.05) is 31.2 Å². The third-order valence-electron chi connectivity index (χ3n) is 8.40. The molecule has 4 heterocycles. The van der Waals surface area contributed by atoms with Gasteiger partial charge in [0.25, 0.3) is 10.0 Å². The number of allylic oxidation sites excluding steroid dienone is 2. The number of imidazole rings is 1. The predicted octanol–water partition coefficient (Wildman–Crippen LogP) is 0.982. The van der Waals surface area contributed by atoms with Crippen LogP contribution in [-0.4, -0.2) is 47.0 Å². The van der Waals surface area contributed by atoms with Crippen molar-refractivity contribution < 1.29 is 32.8 Å². The number of carboxylic acid groups (broad SMARTS) is 1. The molecule has 0 bridgehead atoms. The van der Waals surface area contributed by atoms with Crippen molar-refractivity contribution in [3.05, 3.63) is 77.7 Å². The molecule has 0 saturated carbocycles. The van der Waals surface area contributed by atoms with Crippen molar-refractivity contribution in [2.24, 2.45) is 18.9 Å². The average Bonchev–Trinajstić information content (AvgIpc) is 3.50. The van der Waals surface area contributed by atoms with Crippen LogP contribution in [0.25, 0.3) is 10.8 Å². The molecule has 1 aromatic heterocycles. The second-order valence-electron chi connectivity index (χ2n) is 10.7. The van der Waals surface area contributed by atoms with Crippen molar-refractivity contribution in [3.8, 4) is 0 Å². The zero-order valence-corrected chi connectivity index (χ0v) is 23.4. The second-order valence-corrected chi connectivity index (χ2v) is 12.5. The molecule has 3 aliphatic heterocycles. The fourth-order valence-corrected chi connectivity index (χ4v) is 8.45. The van der Waals surface area contributed by atoms with Crippen molar-refractivity contribution in [3.63, 3.8) is 0 Å².